The van der Waals surface area contributed by atoms with Gasteiger partial charge in [-0.3, -0.25) is 0 Å². The van der Waals surface area contributed by atoms with Crippen LogP contribution in [0.3, 0.4) is 0 Å². The highest BCUT2D eigenvalue weighted by Gasteiger charge is 2.41. The second kappa shape index (κ2) is 9.49. The van der Waals surface area contributed by atoms with Gasteiger partial charge in [0.05, 0.1) is 0 Å². The first-order valence-corrected chi connectivity index (χ1v) is 9.40. The molecular formula is C21H38. The van der Waals surface area contributed by atoms with Crippen molar-refractivity contribution in [2.75, 3.05) is 0 Å². The summed E-state index contributed by atoms with van der Waals surface area (Å²) in [6.45, 7) is 12.0. The SMILES string of the molecule is CCCCCCCCCC(C(C)C)(C(C)C)C1C=CC=C1. The van der Waals surface area contributed by atoms with Crippen molar-refractivity contribution in [3.05, 3.63) is 24.3 Å². The van der Waals surface area contributed by atoms with Crippen LogP contribution in [0, 0.1) is 23.2 Å². The Morgan fingerprint density at radius 2 is 1.24 bits per heavy atom. The minimum absolute atomic E-state index is 0.451. The number of hydrogen-bond acceptors (Lipinski definition) is 0. The van der Waals surface area contributed by atoms with Gasteiger partial charge < -0.3 is 0 Å². The Hall–Kier alpha value is -0.520. The average Bonchev–Trinajstić information content (AvgIpc) is 2.95. The minimum atomic E-state index is 0.451. The van der Waals surface area contributed by atoms with Crippen LogP contribution in [0.2, 0.25) is 0 Å². The fourth-order valence-corrected chi connectivity index (χ4v) is 4.36. The van der Waals surface area contributed by atoms with Crippen molar-refractivity contribution in [2.45, 2.75) is 86.0 Å². The Labute approximate surface area is 134 Å². The van der Waals surface area contributed by atoms with E-state index in [1.54, 1.807) is 0 Å². The fourth-order valence-electron chi connectivity index (χ4n) is 4.36. The lowest BCUT2D eigenvalue weighted by atomic mass is 9.59. The summed E-state index contributed by atoms with van der Waals surface area (Å²) in [5.41, 5.74) is 0.451. The molecule has 0 radical (unpaired) electrons. The first-order chi connectivity index (χ1) is 10.1. The summed E-state index contributed by atoms with van der Waals surface area (Å²) in [7, 11) is 0. The molecule has 0 aromatic heterocycles. The third kappa shape index (κ3) is 5.01. The molecule has 21 heavy (non-hydrogen) atoms. The van der Waals surface area contributed by atoms with E-state index in [4.69, 9.17) is 0 Å². The van der Waals surface area contributed by atoms with Crippen LogP contribution in [0.1, 0.15) is 86.0 Å². The van der Waals surface area contributed by atoms with Crippen LogP contribution in [-0.4, -0.2) is 0 Å². The molecule has 122 valence electrons. The van der Waals surface area contributed by atoms with Crippen LogP contribution < -0.4 is 0 Å². The van der Waals surface area contributed by atoms with Crippen molar-refractivity contribution in [3.63, 3.8) is 0 Å². The summed E-state index contributed by atoms with van der Waals surface area (Å²) in [5, 5.41) is 0. The van der Waals surface area contributed by atoms with E-state index in [0.717, 1.165) is 11.8 Å². The van der Waals surface area contributed by atoms with Crippen LogP contribution in [0.4, 0.5) is 0 Å². The van der Waals surface area contributed by atoms with Gasteiger partial charge in [-0.2, -0.15) is 0 Å². The number of unbranched alkanes of at least 4 members (excludes halogenated alkanes) is 6. The van der Waals surface area contributed by atoms with Crippen molar-refractivity contribution in [2.24, 2.45) is 23.2 Å². The molecule has 1 rings (SSSR count). The molecule has 0 saturated heterocycles. The van der Waals surface area contributed by atoms with E-state index in [0.29, 0.717) is 11.3 Å². The lowest BCUT2D eigenvalue weighted by Crippen LogP contribution is -2.39. The molecule has 1 aliphatic carbocycles. The van der Waals surface area contributed by atoms with E-state index in [2.05, 4.69) is 58.9 Å². The lowest BCUT2D eigenvalue weighted by Gasteiger charge is -2.45. The molecule has 0 nitrogen and oxygen atoms in total. The van der Waals surface area contributed by atoms with Crippen LogP contribution in [0.5, 0.6) is 0 Å². The van der Waals surface area contributed by atoms with Crippen molar-refractivity contribution in [1.82, 2.24) is 0 Å². The van der Waals surface area contributed by atoms with Gasteiger partial charge in [-0.05, 0) is 23.7 Å². The largest absolute Gasteiger partial charge is 0.0770 e. The zero-order chi connectivity index (χ0) is 15.7. The molecule has 0 N–H and O–H groups in total. The van der Waals surface area contributed by atoms with E-state index < -0.39 is 0 Å². The molecule has 0 aromatic carbocycles. The van der Waals surface area contributed by atoms with Gasteiger partial charge in [-0.1, -0.05) is 104 Å². The Balaban J connectivity index is 2.50. The Kier molecular flexibility index (Phi) is 8.37. The lowest BCUT2D eigenvalue weighted by molar-refractivity contribution is 0.0623. The highest BCUT2D eigenvalue weighted by molar-refractivity contribution is 5.22. The van der Waals surface area contributed by atoms with Gasteiger partial charge >= 0.3 is 0 Å². The Bertz CT molecular complexity index is 299. The molecule has 0 atom stereocenters. The van der Waals surface area contributed by atoms with Crippen LogP contribution >= 0.6 is 0 Å². The standard InChI is InChI=1S/C21H38/c1-6-7-8-9-10-11-14-17-21(18(2)3,19(4)5)20-15-12-13-16-20/h12-13,15-16,18-20H,6-11,14,17H2,1-5H3. The highest BCUT2D eigenvalue weighted by atomic mass is 14.5. The van der Waals surface area contributed by atoms with Gasteiger partial charge in [0.25, 0.3) is 0 Å². The number of allylic oxidation sites excluding steroid dienone is 4. The molecule has 0 fully saturated rings. The van der Waals surface area contributed by atoms with Crippen molar-refractivity contribution < 1.29 is 0 Å². The smallest absolute Gasteiger partial charge is 0.00142 e. The van der Waals surface area contributed by atoms with Gasteiger partial charge in [0, 0.05) is 5.92 Å². The van der Waals surface area contributed by atoms with Gasteiger partial charge in [0.1, 0.15) is 0 Å². The maximum atomic E-state index is 2.43. The fraction of sp³-hybridized carbons (Fsp3) is 0.810. The molecule has 1 aliphatic rings. The van der Waals surface area contributed by atoms with E-state index in [1.807, 2.05) is 0 Å². The maximum absolute atomic E-state index is 2.43. The zero-order valence-corrected chi connectivity index (χ0v) is 15.2. The summed E-state index contributed by atoms with van der Waals surface area (Å²) in [4.78, 5) is 0. The molecule has 0 spiro atoms. The molecule has 0 saturated carbocycles. The molecule has 0 unspecified atom stereocenters. The van der Waals surface area contributed by atoms with Gasteiger partial charge in [-0.25, -0.2) is 0 Å². The predicted molar refractivity (Wildman–Crippen MR) is 96.5 cm³/mol. The predicted octanol–water partition coefficient (Wildman–Crippen LogP) is 7.17. The zero-order valence-electron chi connectivity index (χ0n) is 15.2. The average molecular weight is 291 g/mol. The summed E-state index contributed by atoms with van der Waals surface area (Å²) >= 11 is 0. The van der Waals surface area contributed by atoms with E-state index in [-0.39, 0.29) is 0 Å². The second-order valence-corrected chi connectivity index (χ2v) is 7.59. The van der Waals surface area contributed by atoms with E-state index >= 15 is 0 Å². The van der Waals surface area contributed by atoms with Gasteiger partial charge in [-0.15, -0.1) is 0 Å². The first-order valence-electron chi connectivity index (χ1n) is 9.40. The summed E-state index contributed by atoms with van der Waals surface area (Å²) in [6.07, 6.45) is 20.6. The molecule has 0 heteroatoms. The third-order valence-electron chi connectivity index (χ3n) is 5.73. The van der Waals surface area contributed by atoms with E-state index in [1.165, 1.54) is 51.4 Å². The normalized spacial score (nSPS) is 15.8. The molecule has 0 aliphatic heterocycles. The Morgan fingerprint density at radius 1 is 0.762 bits per heavy atom. The van der Waals surface area contributed by atoms with E-state index in [9.17, 15) is 0 Å². The van der Waals surface area contributed by atoms with Crippen molar-refractivity contribution >= 4 is 0 Å². The summed E-state index contributed by atoms with van der Waals surface area (Å²) < 4.78 is 0. The topological polar surface area (TPSA) is 0 Å². The summed E-state index contributed by atoms with van der Waals surface area (Å²) in [5.74, 6) is 2.14. The maximum Gasteiger partial charge on any atom is 0.00142 e. The quantitative estimate of drug-likeness (QED) is 0.354. The molecule has 0 heterocycles. The second-order valence-electron chi connectivity index (χ2n) is 7.59. The number of hydrogen-bond donors (Lipinski definition) is 0. The third-order valence-corrected chi connectivity index (χ3v) is 5.73. The number of rotatable bonds is 11. The van der Waals surface area contributed by atoms with Crippen LogP contribution in [0.15, 0.2) is 24.3 Å². The van der Waals surface area contributed by atoms with Crippen molar-refractivity contribution in [3.8, 4) is 0 Å². The monoisotopic (exact) mass is 290 g/mol. The molecular weight excluding hydrogens is 252 g/mol. The molecule has 0 aromatic rings. The van der Waals surface area contributed by atoms with Gasteiger partial charge in [0.2, 0.25) is 0 Å². The minimum Gasteiger partial charge on any atom is -0.0770 e. The Morgan fingerprint density at radius 3 is 1.71 bits per heavy atom. The highest BCUT2D eigenvalue weighted by Crippen LogP contribution is 2.49. The first kappa shape index (κ1) is 18.5. The molecule has 0 amide bonds. The molecule has 0 bridgehead atoms. The summed E-state index contributed by atoms with van der Waals surface area (Å²) in [6, 6.07) is 0. The van der Waals surface area contributed by atoms with Crippen LogP contribution in [0.25, 0.3) is 0 Å². The van der Waals surface area contributed by atoms with Crippen molar-refractivity contribution in [1.29, 1.82) is 0 Å². The van der Waals surface area contributed by atoms with Crippen LogP contribution in [-0.2, 0) is 0 Å². The van der Waals surface area contributed by atoms with Gasteiger partial charge in [0.15, 0.2) is 0 Å².